The fourth-order valence-corrected chi connectivity index (χ4v) is 6.03. The molecule has 33 heavy (non-hydrogen) atoms. The highest BCUT2D eigenvalue weighted by molar-refractivity contribution is 7.90. The lowest BCUT2D eigenvalue weighted by Gasteiger charge is -2.40. The molecule has 7 nitrogen and oxygen atoms in total. The quantitative estimate of drug-likeness (QED) is 0.636. The molecular weight excluding hydrogens is 443 g/mol. The van der Waals surface area contributed by atoms with E-state index in [1.165, 1.54) is 12.2 Å². The first kappa shape index (κ1) is 25.0. The molecule has 0 aliphatic carbocycles. The van der Waals surface area contributed by atoms with Crippen molar-refractivity contribution in [2.45, 2.75) is 37.7 Å². The van der Waals surface area contributed by atoms with Crippen molar-refractivity contribution in [3.63, 3.8) is 0 Å². The van der Waals surface area contributed by atoms with E-state index in [1.54, 1.807) is 20.8 Å². The first-order chi connectivity index (χ1) is 15.4. The molecule has 1 aromatic carbocycles. The summed E-state index contributed by atoms with van der Waals surface area (Å²) in [6.07, 6.45) is 2.87. The minimum absolute atomic E-state index is 0.172. The number of piperazine rings is 1. The molecule has 2 heterocycles. The largest absolute Gasteiger partial charge is 0.457 e. The van der Waals surface area contributed by atoms with Crippen molar-refractivity contribution in [2.24, 2.45) is 4.99 Å². The van der Waals surface area contributed by atoms with Crippen LogP contribution < -0.4 is 9.62 Å². The van der Waals surface area contributed by atoms with Crippen LogP contribution in [0.15, 0.2) is 66.0 Å². The van der Waals surface area contributed by atoms with Gasteiger partial charge in [-0.3, -0.25) is 0 Å². The fraction of sp³-hybridized carbons (Fsp3) is 0.458. The highest BCUT2D eigenvalue weighted by atomic mass is 32.2. The number of hydrogen-bond donors (Lipinski definition) is 1. The third-order valence-corrected chi connectivity index (χ3v) is 7.89. The summed E-state index contributed by atoms with van der Waals surface area (Å²) < 4.78 is 48.6. The third-order valence-electron chi connectivity index (χ3n) is 5.97. The van der Waals surface area contributed by atoms with Crippen molar-refractivity contribution >= 4 is 21.7 Å². The number of ether oxygens (including phenoxy) is 1. The van der Waals surface area contributed by atoms with Crippen LogP contribution >= 0.6 is 0 Å². The summed E-state index contributed by atoms with van der Waals surface area (Å²) in [6, 6.07) is 6.70. The summed E-state index contributed by atoms with van der Waals surface area (Å²) in [5.41, 5.74) is 0.782. The maximum absolute atomic E-state index is 13.8. The number of allylic oxidation sites excluding steroid dienone is 2. The highest BCUT2D eigenvalue weighted by Crippen LogP contribution is 2.39. The van der Waals surface area contributed by atoms with Crippen LogP contribution in [0.2, 0.25) is 0 Å². The zero-order valence-electron chi connectivity index (χ0n) is 19.7. The SMILES string of the molecule is C=C/C=C(\C(=C)F)[C@H](C)N=C1NS(=O)(=O)C(c2ccc(N3CCN(C)CC3)cc2)C(C)(C)O1. The standard InChI is InChI=1S/C24H33FN4O3S/c1-7-8-21(17(2)25)18(3)26-23-27-33(30,31)22(24(4,5)32-23)19-9-11-20(12-10-19)29-15-13-28(6)14-16-29/h7-12,18,22H,1-2,13-16H2,3-6H3,(H,26,27)/b21-8+/t18-,22?/m0/s1. The van der Waals surface area contributed by atoms with Gasteiger partial charge in [0, 0.05) is 37.4 Å². The summed E-state index contributed by atoms with van der Waals surface area (Å²) in [7, 11) is -1.76. The molecule has 0 spiro atoms. The number of likely N-dealkylation sites (N-methyl/N-ethyl adjacent to an activating group) is 1. The number of nitrogens with one attached hydrogen (secondary N) is 1. The van der Waals surface area contributed by atoms with Crippen molar-refractivity contribution in [2.75, 3.05) is 38.1 Å². The number of anilines is 1. The molecule has 0 bridgehead atoms. The molecule has 2 saturated heterocycles. The topological polar surface area (TPSA) is 74.2 Å². The molecular formula is C24H33FN4O3S. The van der Waals surface area contributed by atoms with Crippen LogP contribution in [0.4, 0.5) is 10.1 Å². The lowest BCUT2D eigenvalue weighted by Crippen LogP contribution is -2.53. The van der Waals surface area contributed by atoms with Gasteiger partial charge in [0.2, 0.25) is 10.0 Å². The average Bonchev–Trinajstić information content (AvgIpc) is 2.71. The second-order valence-electron chi connectivity index (χ2n) is 8.99. The zero-order chi connectivity index (χ0) is 24.4. The van der Waals surface area contributed by atoms with Crippen LogP contribution in [-0.4, -0.2) is 64.2 Å². The molecule has 2 aliphatic rings. The lowest BCUT2D eigenvalue weighted by atomic mass is 9.97. The molecule has 0 aromatic heterocycles. The van der Waals surface area contributed by atoms with Crippen molar-refractivity contribution in [1.82, 2.24) is 9.62 Å². The Balaban J connectivity index is 1.84. The molecule has 2 atom stereocenters. The van der Waals surface area contributed by atoms with Gasteiger partial charge in [0.25, 0.3) is 6.02 Å². The van der Waals surface area contributed by atoms with Gasteiger partial charge in [0.15, 0.2) is 0 Å². The summed E-state index contributed by atoms with van der Waals surface area (Å²) in [6.45, 7) is 15.7. The van der Waals surface area contributed by atoms with Gasteiger partial charge >= 0.3 is 0 Å². The maximum atomic E-state index is 13.8. The van der Waals surface area contributed by atoms with Crippen molar-refractivity contribution in [3.05, 3.63) is 66.5 Å². The number of halogens is 1. The lowest BCUT2D eigenvalue weighted by molar-refractivity contribution is 0.0763. The molecule has 0 amide bonds. The van der Waals surface area contributed by atoms with Gasteiger partial charge < -0.3 is 14.5 Å². The number of rotatable bonds is 6. The van der Waals surface area contributed by atoms with Gasteiger partial charge in [0.05, 0.1) is 6.04 Å². The molecule has 1 aromatic rings. The molecule has 9 heteroatoms. The van der Waals surface area contributed by atoms with Gasteiger partial charge in [-0.2, -0.15) is 0 Å². The summed E-state index contributed by atoms with van der Waals surface area (Å²) >= 11 is 0. The Morgan fingerprint density at radius 2 is 1.88 bits per heavy atom. The van der Waals surface area contributed by atoms with Crippen LogP contribution in [0, 0.1) is 0 Å². The fourth-order valence-electron chi connectivity index (χ4n) is 4.26. The molecule has 0 saturated carbocycles. The predicted octanol–water partition coefficient (Wildman–Crippen LogP) is 3.55. The van der Waals surface area contributed by atoms with E-state index in [2.05, 4.69) is 39.7 Å². The van der Waals surface area contributed by atoms with E-state index in [0.717, 1.165) is 31.9 Å². The van der Waals surface area contributed by atoms with Crippen LogP contribution in [0.25, 0.3) is 0 Å². The van der Waals surface area contributed by atoms with E-state index in [-0.39, 0.29) is 11.6 Å². The predicted molar refractivity (Wildman–Crippen MR) is 132 cm³/mol. The second-order valence-corrected chi connectivity index (χ2v) is 10.8. The van der Waals surface area contributed by atoms with Crippen LogP contribution in [0.3, 0.4) is 0 Å². The van der Waals surface area contributed by atoms with Crippen molar-refractivity contribution in [3.8, 4) is 0 Å². The molecule has 2 aliphatic heterocycles. The molecule has 2 fully saturated rings. The number of sulfonamides is 1. The van der Waals surface area contributed by atoms with Crippen molar-refractivity contribution < 1.29 is 17.5 Å². The molecule has 0 radical (unpaired) electrons. The monoisotopic (exact) mass is 476 g/mol. The van der Waals surface area contributed by atoms with Gasteiger partial charge in [0.1, 0.15) is 16.7 Å². The van der Waals surface area contributed by atoms with E-state index in [4.69, 9.17) is 4.74 Å². The molecule has 3 rings (SSSR count). The van der Waals surface area contributed by atoms with E-state index < -0.39 is 32.7 Å². The Morgan fingerprint density at radius 1 is 1.27 bits per heavy atom. The van der Waals surface area contributed by atoms with Gasteiger partial charge in [-0.25, -0.2) is 22.5 Å². The summed E-state index contributed by atoms with van der Waals surface area (Å²) in [4.78, 5) is 8.83. The number of aliphatic imine (C=N–C) groups is 1. The van der Waals surface area contributed by atoms with Gasteiger partial charge in [-0.1, -0.05) is 37.4 Å². The Kier molecular flexibility index (Phi) is 7.33. The minimum Gasteiger partial charge on any atom is -0.457 e. The van der Waals surface area contributed by atoms with Crippen LogP contribution in [0.5, 0.6) is 0 Å². The minimum atomic E-state index is -3.86. The number of hydrogen-bond acceptors (Lipinski definition) is 6. The molecule has 1 unspecified atom stereocenters. The Morgan fingerprint density at radius 3 is 2.39 bits per heavy atom. The number of nitrogens with zero attached hydrogens (tertiary/aromatic N) is 3. The van der Waals surface area contributed by atoms with Gasteiger partial charge in [-0.05, 0) is 45.5 Å². The van der Waals surface area contributed by atoms with Crippen LogP contribution in [0.1, 0.15) is 31.6 Å². The first-order valence-electron chi connectivity index (χ1n) is 10.9. The van der Waals surface area contributed by atoms with E-state index in [0.29, 0.717) is 5.56 Å². The van der Waals surface area contributed by atoms with E-state index in [1.807, 2.05) is 24.3 Å². The van der Waals surface area contributed by atoms with Crippen LogP contribution in [-0.2, 0) is 14.8 Å². The smallest absolute Gasteiger partial charge is 0.299 e. The van der Waals surface area contributed by atoms with E-state index in [9.17, 15) is 12.8 Å². The van der Waals surface area contributed by atoms with E-state index >= 15 is 0 Å². The zero-order valence-corrected chi connectivity index (χ0v) is 20.5. The summed E-state index contributed by atoms with van der Waals surface area (Å²) in [5, 5.41) is -0.944. The highest BCUT2D eigenvalue weighted by Gasteiger charge is 2.48. The average molecular weight is 477 g/mol. The Hall–Kier alpha value is -2.65. The van der Waals surface area contributed by atoms with Crippen molar-refractivity contribution in [1.29, 1.82) is 0 Å². The third kappa shape index (κ3) is 5.65. The Labute approximate surface area is 196 Å². The van der Waals surface area contributed by atoms with Gasteiger partial charge in [-0.15, -0.1) is 0 Å². The second kappa shape index (κ2) is 9.69. The summed E-state index contributed by atoms with van der Waals surface area (Å²) in [5.74, 6) is -0.664. The maximum Gasteiger partial charge on any atom is 0.299 e. The number of benzene rings is 1. The number of amidine groups is 1. The molecule has 1 N–H and O–H groups in total. The molecule has 180 valence electrons. The Bertz CT molecular complexity index is 1060. The first-order valence-corrected chi connectivity index (χ1v) is 12.5. The normalized spacial score (nSPS) is 25.1.